The van der Waals surface area contributed by atoms with Gasteiger partial charge in [0.1, 0.15) is 0 Å². The zero-order valence-electron chi connectivity index (χ0n) is 9.08. The van der Waals surface area contributed by atoms with Gasteiger partial charge in [0.15, 0.2) is 0 Å². The molecule has 0 N–H and O–H groups in total. The van der Waals surface area contributed by atoms with Crippen LogP contribution in [-0.4, -0.2) is 35.9 Å². The third kappa shape index (κ3) is 2.92. The molecule has 2 rings (SSSR count). The molecule has 2 heterocycles. The number of piperidine rings is 1. The predicted octanol–water partition coefficient (Wildman–Crippen LogP) is 2.73. The Morgan fingerprint density at radius 2 is 2.27 bits per heavy atom. The van der Waals surface area contributed by atoms with E-state index in [2.05, 4.69) is 22.3 Å². The Morgan fingerprint density at radius 1 is 1.53 bits per heavy atom. The quantitative estimate of drug-likeness (QED) is 0.761. The minimum Gasteiger partial charge on any atom is -0.306 e. The highest BCUT2D eigenvalue weighted by Gasteiger charge is 2.20. The van der Waals surface area contributed by atoms with Crippen molar-refractivity contribution in [3.8, 4) is 0 Å². The predicted molar refractivity (Wildman–Crippen MR) is 66.0 cm³/mol. The lowest BCUT2D eigenvalue weighted by atomic mass is 9.95. The number of nitrogens with zero attached hydrogens (tertiary/aromatic N) is 2. The van der Waals surface area contributed by atoms with Crippen molar-refractivity contribution >= 4 is 22.9 Å². The minimum absolute atomic E-state index is 0.681. The highest BCUT2D eigenvalue weighted by atomic mass is 35.5. The fraction of sp³-hybridized carbons (Fsp3) is 0.727. The van der Waals surface area contributed by atoms with E-state index in [1.807, 2.05) is 0 Å². The van der Waals surface area contributed by atoms with E-state index >= 15 is 0 Å². The van der Waals surface area contributed by atoms with E-state index in [0.717, 1.165) is 6.42 Å². The third-order valence-corrected chi connectivity index (χ3v) is 4.13. The first-order valence-electron chi connectivity index (χ1n) is 5.48. The first kappa shape index (κ1) is 11.4. The Bertz CT molecular complexity index is 305. The fourth-order valence-electron chi connectivity index (χ4n) is 2.01. The molecule has 0 bridgehead atoms. The number of hydrogen-bond acceptors (Lipinski definition) is 3. The molecule has 84 valence electrons. The average Bonchev–Trinajstić information content (AvgIpc) is 2.68. The van der Waals surface area contributed by atoms with Crippen molar-refractivity contribution < 1.29 is 0 Å². The number of hydrogen-bond donors (Lipinski definition) is 0. The van der Waals surface area contributed by atoms with Crippen molar-refractivity contribution in [2.75, 3.05) is 26.0 Å². The van der Waals surface area contributed by atoms with Gasteiger partial charge in [0.05, 0.1) is 10.7 Å². The summed E-state index contributed by atoms with van der Waals surface area (Å²) in [5.41, 5.74) is 1.30. The maximum absolute atomic E-state index is 5.71. The molecule has 0 amide bonds. The van der Waals surface area contributed by atoms with Crippen molar-refractivity contribution in [1.82, 2.24) is 9.88 Å². The van der Waals surface area contributed by atoms with Crippen LogP contribution in [0.15, 0.2) is 5.38 Å². The molecule has 0 aromatic carbocycles. The summed E-state index contributed by atoms with van der Waals surface area (Å²) in [6, 6.07) is 0. The Hall–Kier alpha value is -0.120. The molecule has 1 aromatic heterocycles. The number of aromatic nitrogens is 1. The first-order chi connectivity index (χ1) is 7.29. The van der Waals surface area contributed by atoms with Gasteiger partial charge in [0.2, 0.25) is 0 Å². The zero-order valence-corrected chi connectivity index (χ0v) is 10.7. The molecule has 0 spiro atoms. The van der Waals surface area contributed by atoms with Gasteiger partial charge in [-0.05, 0) is 33.0 Å². The molecule has 1 aromatic rings. The van der Waals surface area contributed by atoms with Crippen LogP contribution in [0.4, 0.5) is 0 Å². The molecule has 0 aliphatic carbocycles. The maximum atomic E-state index is 5.71. The van der Waals surface area contributed by atoms with Gasteiger partial charge in [-0.3, -0.25) is 0 Å². The lowest BCUT2D eigenvalue weighted by molar-refractivity contribution is 0.253. The number of thiazole rings is 1. The molecule has 4 heteroatoms. The van der Waals surface area contributed by atoms with Crippen LogP contribution in [0.25, 0.3) is 0 Å². The third-order valence-electron chi connectivity index (χ3n) is 3.01. The molecule has 1 fully saturated rings. The molecular formula is C11H17ClN2S. The number of aryl methyl sites for hydroxylation is 1. The van der Waals surface area contributed by atoms with Crippen molar-refractivity contribution in [3.05, 3.63) is 16.1 Å². The maximum Gasteiger partial charge on any atom is 0.0940 e. The van der Waals surface area contributed by atoms with Gasteiger partial charge >= 0.3 is 0 Å². The highest BCUT2D eigenvalue weighted by molar-refractivity contribution is 7.09. The normalized spacial score (nSPS) is 19.6. The molecule has 1 saturated heterocycles. The van der Waals surface area contributed by atoms with E-state index in [9.17, 15) is 0 Å². The molecule has 0 atom stereocenters. The second kappa shape index (κ2) is 5.28. The minimum atomic E-state index is 0.681. The second-order valence-corrected chi connectivity index (χ2v) is 5.50. The van der Waals surface area contributed by atoms with Crippen molar-refractivity contribution in [2.24, 2.45) is 0 Å². The van der Waals surface area contributed by atoms with E-state index in [0.29, 0.717) is 11.8 Å². The Labute approximate surface area is 100 Å². The van der Waals surface area contributed by atoms with Crippen LogP contribution in [0.5, 0.6) is 0 Å². The molecule has 0 unspecified atom stereocenters. The van der Waals surface area contributed by atoms with Crippen LogP contribution in [0, 0.1) is 0 Å². The van der Waals surface area contributed by atoms with E-state index in [1.54, 1.807) is 11.3 Å². The van der Waals surface area contributed by atoms with E-state index in [-0.39, 0.29) is 0 Å². The molecular weight excluding hydrogens is 228 g/mol. The van der Waals surface area contributed by atoms with Gasteiger partial charge in [-0.15, -0.1) is 22.9 Å². The summed E-state index contributed by atoms with van der Waals surface area (Å²) in [6.07, 6.45) is 3.42. The SMILES string of the molecule is CN1CCC(c2csc(CCCl)n2)CC1. The van der Waals surface area contributed by atoms with Crippen molar-refractivity contribution in [3.63, 3.8) is 0 Å². The molecule has 0 saturated carbocycles. The van der Waals surface area contributed by atoms with Gasteiger partial charge in [-0.1, -0.05) is 0 Å². The lowest BCUT2D eigenvalue weighted by Gasteiger charge is -2.27. The van der Waals surface area contributed by atoms with Crippen LogP contribution in [-0.2, 0) is 6.42 Å². The Kier molecular flexibility index (Phi) is 4.00. The highest BCUT2D eigenvalue weighted by Crippen LogP contribution is 2.28. The van der Waals surface area contributed by atoms with Crippen molar-refractivity contribution in [1.29, 1.82) is 0 Å². The van der Waals surface area contributed by atoms with E-state index < -0.39 is 0 Å². The van der Waals surface area contributed by atoms with Crippen LogP contribution in [0.2, 0.25) is 0 Å². The lowest BCUT2D eigenvalue weighted by Crippen LogP contribution is -2.29. The molecule has 2 nitrogen and oxygen atoms in total. The van der Waals surface area contributed by atoms with Gasteiger partial charge < -0.3 is 4.90 Å². The molecule has 15 heavy (non-hydrogen) atoms. The van der Waals surface area contributed by atoms with Crippen LogP contribution in [0.3, 0.4) is 0 Å². The molecule has 1 aliphatic rings. The average molecular weight is 245 g/mol. The summed E-state index contributed by atoms with van der Waals surface area (Å²) in [5.74, 6) is 1.36. The first-order valence-corrected chi connectivity index (χ1v) is 6.90. The van der Waals surface area contributed by atoms with Gasteiger partial charge in [0, 0.05) is 23.6 Å². The van der Waals surface area contributed by atoms with Gasteiger partial charge in [0.25, 0.3) is 0 Å². The molecule has 0 radical (unpaired) electrons. The van der Waals surface area contributed by atoms with Gasteiger partial charge in [-0.2, -0.15) is 0 Å². The molecule has 1 aliphatic heterocycles. The Morgan fingerprint density at radius 3 is 2.93 bits per heavy atom. The standard InChI is InChI=1S/C11H17ClN2S/c1-14-6-3-9(4-7-14)10-8-15-11(13-10)2-5-12/h8-9H,2-7H2,1H3. The Balaban J connectivity index is 1.96. The summed E-state index contributed by atoms with van der Waals surface area (Å²) in [7, 11) is 2.19. The van der Waals surface area contributed by atoms with Crippen molar-refractivity contribution in [2.45, 2.75) is 25.2 Å². The van der Waals surface area contributed by atoms with Crippen LogP contribution in [0.1, 0.15) is 29.5 Å². The summed E-state index contributed by atoms with van der Waals surface area (Å²) in [5, 5.41) is 3.41. The summed E-state index contributed by atoms with van der Waals surface area (Å²) in [4.78, 5) is 7.06. The topological polar surface area (TPSA) is 16.1 Å². The zero-order chi connectivity index (χ0) is 10.7. The summed E-state index contributed by atoms with van der Waals surface area (Å²) in [6.45, 7) is 2.40. The van der Waals surface area contributed by atoms with Gasteiger partial charge in [-0.25, -0.2) is 4.98 Å². The largest absolute Gasteiger partial charge is 0.306 e. The summed E-state index contributed by atoms with van der Waals surface area (Å²) >= 11 is 7.47. The smallest absolute Gasteiger partial charge is 0.0940 e. The number of rotatable bonds is 3. The number of likely N-dealkylation sites (tertiary alicyclic amines) is 1. The van der Waals surface area contributed by atoms with E-state index in [1.165, 1.54) is 36.6 Å². The van der Waals surface area contributed by atoms with Crippen LogP contribution < -0.4 is 0 Å². The summed E-state index contributed by atoms with van der Waals surface area (Å²) < 4.78 is 0. The fourth-order valence-corrected chi connectivity index (χ4v) is 3.18. The monoisotopic (exact) mass is 244 g/mol. The number of alkyl halides is 1. The van der Waals surface area contributed by atoms with Crippen LogP contribution >= 0.6 is 22.9 Å². The van der Waals surface area contributed by atoms with E-state index in [4.69, 9.17) is 11.6 Å². The second-order valence-electron chi connectivity index (χ2n) is 4.18. The number of halogens is 1.